The maximum Gasteiger partial charge on any atom is 0.273 e. The lowest BCUT2D eigenvalue weighted by atomic mass is 10.0. The third kappa shape index (κ3) is 4.57. The molecule has 5 nitrogen and oxygen atoms in total. The molecule has 0 spiro atoms. The molecular formula is C24H27N3O2. The smallest absolute Gasteiger partial charge is 0.273 e. The minimum Gasteiger partial charge on any atom is -0.355 e. The molecule has 4 rings (SSSR count). The zero-order chi connectivity index (χ0) is 20.2. The van der Waals surface area contributed by atoms with E-state index in [9.17, 15) is 4.79 Å². The Labute approximate surface area is 171 Å². The third-order valence-electron chi connectivity index (χ3n) is 5.58. The van der Waals surface area contributed by atoms with Gasteiger partial charge in [-0.25, -0.2) is 0 Å². The summed E-state index contributed by atoms with van der Waals surface area (Å²) in [5, 5.41) is 7.03. The van der Waals surface area contributed by atoms with Crippen molar-refractivity contribution < 1.29 is 9.32 Å². The van der Waals surface area contributed by atoms with E-state index >= 15 is 0 Å². The zero-order valence-corrected chi connectivity index (χ0v) is 17.0. The fourth-order valence-electron chi connectivity index (χ4n) is 3.82. The number of likely N-dealkylation sites (tertiary alicyclic amines) is 1. The first kappa shape index (κ1) is 19.4. The second-order valence-electron chi connectivity index (χ2n) is 7.82. The molecule has 1 fully saturated rings. The Morgan fingerprint density at radius 1 is 1.03 bits per heavy atom. The largest absolute Gasteiger partial charge is 0.355 e. The number of nitrogens with zero attached hydrogens (tertiary/aromatic N) is 2. The summed E-state index contributed by atoms with van der Waals surface area (Å²) in [4.78, 5) is 15.1. The van der Waals surface area contributed by atoms with Crippen molar-refractivity contribution in [3.05, 3.63) is 77.0 Å². The van der Waals surface area contributed by atoms with Crippen molar-refractivity contribution >= 4 is 5.91 Å². The fourth-order valence-corrected chi connectivity index (χ4v) is 3.82. The number of aromatic nitrogens is 1. The van der Waals surface area contributed by atoms with Crippen molar-refractivity contribution in [2.24, 2.45) is 0 Å². The van der Waals surface area contributed by atoms with Crippen molar-refractivity contribution in [1.82, 2.24) is 15.4 Å². The van der Waals surface area contributed by atoms with E-state index in [-0.39, 0.29) is 11.9 Å². The van der Waals surface area contributed by atoms with E-state index < -0.39 is 0 Å². The van der Waals surface area contributed by atoms with Gasteiger partial charge in [-0.2, -0.15) is 0 Å². The molecule has 0 saturated carbocycles. The zero-order valence-electron chi connectivity index (χ0n) is 17.0. The van der Waals surface area contributed by atoms with Crippen LogP contribution in [0.3, 0.4) is 0 Å². The van der Waals surface area contributed by atoms with E-state index in [2.05, 4.69) is 46.6 Å². The SMILES string of the molecule is Cc1ccc(-c2cc(C(=O)NC[C@@H](c3ccc(C)cc3)N3CCCC3)no2)cc1. The minimum atomic E-state index is -0.205. The number of aryl methyl sites for hydroxylation is 2. The van der Waals surface area contributed by atoms with Crippen molar-refractivity contribution in [2.45, 2.75) is 32.7 Å². The predicted molar refractivity (Wildman–Crippen MR) is 114 cm³/mol. The molecular weight excluding hydrogens is 362 g/mol. The van der Waals surface area contributed by atoms with Gasteiger partial charge in [0.25, 0.3) is 5.91 Å². The summed E-state index contributed by atoms with van der Waals surface area (Å²) in [5.41, 5.74) is 4.87. The third-order valence-corrected chi connectivity index (χ3v) is 5.58. The number of hydrogen-bond acceptors (Lipinski definition) is 4. The fraction of sp³-hybridized carbons (Fsp3) is 0.333. The highest BCUT2D eigenvalue weighted by Crippen LogP contribution is 2.25. The quantitative estimate of drug-likeness (QED) is 0.673. The summed E-state index contributed by atoms with van der Waals surface area (Å²) in [6.07, 6.45) is 2.42. The highest BCUT2D eigenvalue weighted by molar-refractivity contribution is 5.93. The Morgan fingerprint density at radius 3 is 2.31 bits per heavy atom. The lowest BCUT2D eigenvalue weighted by molar-refractivity contribution is 0.0929. The molecule has 0 bridgehead atoms. The van der Waals surface area contributed by atoms with Gasteiger partial charge in [0, 0.05) is 18.2 Å². The molecule has 150 valence electrons. The maximum atomic E-state index is 12.7. The van der Waals surface area contributed by atoms with Gasteiger partial charge in [0.05, 0.1) is 6.04 Å². The molecule has 1 saturated heterocycles. The van der Waals surface area contributed by atoms with Crippen LogP contribution in [-0.2, 0) is 0 Å². The first-order valence-corrected chi connectivity index (χ1v) is 10.2. The van der Waals surface area contributed by atoms with Gasteiger partial charge in [0.1, 0.15) is 0 Å². The van der Waals surface area contributed by atoms with Crippen molar-refractivity contribution in [3.8, 4) is 11.3 Å². The van der Waals surface area contributed by atoms with Gasteiger partial charge in [-0.15, -0.1) is 0 Å². The lowest BCUT2D eigenvalue weighted by Gasteiger charge is -2.28. The molecule has 0 unspecified atom stereocenters. The minimum absolute atomic E-state index is 0.172. The average molecular weight is 389 g/mol. The highest BCUT2D eigenvalue weighted by Gasteiger charge is 2.24. The van der Waals surface area contributed by atoms with Gasteiger partial charge in [0.15, 0.2) is 11.5 Å². The Kier molecular flexibility index (Phi) is 5.76. The number of carbonyl (C=O) groups is 1. The summed E-state index contributed by atoms with van der Waals surface area (Å²) in [5.74, 6) is 0.396. The Balaban J connectivity index is 1.45. The normalized spacial score (nSPS) is 15.4. The van der Waals surface area contributed by atoms with E-state index in [1.165, 1.54) is 29.5 Å². The second kappa shape index (κ2) is 8.62. The van der Waals surface area contributed by atoms with E-state index in [1.807, 2.05) is 31.2 Å². The molecule has 2 heterocycles. The van der Waals surface area contributed by atoms with Gasteiger partial charge in [-0.3, -0.25) is 9.69 Å². The van der Waals surface area contributed by atoms with Gasteiger partial charge < -0.3 is 9.84 Å². The first-order chi connectivity index (χ1) is 14.1. The monoisotopic (exact) mass is 389 g/mol. The number of carbonyl (C=O) groups excluding carboxylic acids is 1. The number of hydrogen-bond donors (Lipinski definition) is 1. The van der Waals surface area contributed by atoms with Crippen LogP contribution in [0.15, 0.2) is 59.1 Å². The average Bonchev–Trinajstić information content (AvgIpc) is 3.42. The van der Waals surface area contributed by atoms with E-state index in [0.717, 1.165) is 18.7 Å². The first-order valence-electron chi connectivity index (χ1n) is 10.2. The molecule has 2 aromatic carbocycles. The van der Waals surface area contributed by atoms with Crippen LogP contribution >= 0.6 is 0 Å². The molecule has 1 aliphatic heterocycles. The number of benzene rings is 2. The van der Waals surface area contributed by atoms with Crippen LogP contribution in [-0.4, -0.2) is 35.6 Å². The lowest BCUT2D eigenvalue weighted by Crippen LogP contribution is -2.36. The van der Waals surface area contributed by atoms with Crippen LogP contribution in [0.25, 0.3) is 11.3 Å². The molecule has 0 radical (unpaired) electrons. The van der Waals surface area contributed by atoms with Crippen LogP contribution in [0.5, 0.6) is 0 Å². The second-order valence-corrected chi connectivity index (χ2v) is 7.82. The van der Waals surface area contributed by atoms with Crippen LogP contribution < -0.4 is 5.32 Å². The number of amides is 1. The maximum absolute atomic E-state index is 12.7. The van der Waals surface area contributed by atoms with Crippen LogP contribution in [0.4, 0.5) is 0 Å². The molecule has 29 heavy (non-hydrogen) atoms. The van der Waals surface area contributed by atoms with Gasteiger partial charge in [0.2, 0.25) is 0 Å². The molecule has 3 aromatic rings. The van der Waals surface area contributed by atoms with Crippen molar-refractivity contribution in [2.75, 3.05) is 19.6 Å². The number of nitrogens with one attached hydrogen (secondary N) is 1. The predicted octanol–water partition coefficient (Wildman–Crippen LogP) is 4.53. The molecule has 0 aliphatic carbocycles. The molecule has 1 atom stereocenters. The molecule has 1 aromatic heterocycles. The summed E-state index contributed by atoms with van der Waals surface area (Å²) < 4.78 is 5.39. The molecule has 5 heteroatoms. The van der Waals surface area contributed by atoms with Crippen LogP contribution in [0.2, 0.25) is 0 Å². The Hall–Kier alpha value is -2.92. The van der Waals surface area contributed by atoms with Crippen molar-refractivity contribution in [3.63, 3.8) is 0 Å². The summed E-state index contributed by atoms with van der Waals surface area (Å²) >= 11 is 0. The number of rotatable bonds is 6. The van der Waals surface area contributed by atoms with Crippen LogP contribution in [0, 0.1) is 13.8 Å². The highest BCUT2D eigenvalue weighted by atomic mass is 16.5. The van der Waals surface area contributed by atoms with Gasteiger partial charge in [-0.05, 0) is 45.3 Å². The summed E-state index contributed by atoms with van der Waals surface area (Å²) in [7, 11) is 0. The molecule has 1 amide bonds. The standard InChI is InChI=1S/C24H27N3O2/c1-17-5-9-19(10-6-17)22(27-13-3-4-14-27)16-25-24(28)21-15-23(29-26-21)20-11-7-18(2)8-12-20/h5-12,15,22H,3-4,13-14,16H2,1-2H3,(H,25,28)/t22-/m0/s1. The molecule has 1 N–H and O–H groups in total. The summed E-state index contributed by atoms with van der Waals surface area (Å²) in [6.45, 7) is 6.81. The molecule has 1 aliphatic rings. The van der Waals surface area contributed by atoms with E-state index in [1.54, 1.807) is 6.07 Å². The van der Waals surface area contributed by atoms with Gasteiger partial charge >= 0.3 is 0 Å². The Bertz CT molecular complexity index is 955. The van der Waals surface area contributed by atoms with Crippen LogP contribution in [0.1, 0.15) is 46.1 Å². The van der Waals surface area contributed by atoms with Crippen molar-refractivity contribution in [1.29, 1.82) is 0 Å². The van der Waals surface area contributed by atoms with E-state index in [0.29, 0.717) is 18.0 Å². The van der Waals surface area contributed by atoms with E-state index in [4.69, 9.17) is 4.52 Å². The topological polar surface area (TPSA) is 58.4 Å². The van der Waals surface area contributed by atoms with Gasteiger partial charge in [-0.1, -0.05) is 64.8 Å². The Morgan fingerprint density at radius 2 is 1.66 bits per heavy atom. The summed E-state index contributed by atoms with van der Waals surface area (Å²) in [6, 6.07) is 18.4.